The van der Waals surface area contributed by atoms with Crippen molar-refractivity contribution in [1.82, 2.24) is 14.7 Å². The number of sulfonamides is 1. The molecule has 0 aliphatic rings. The fourth-order valence-electron chi connectivity index (χ4n) is 1.63. The van der Waals surface area contributed by atoms with E-state index in [1.807, 2.05) is 6.92 Å². The molecule has 2 N–H and O–H groups in total. The summed E-state index contributed by atoms with van der Waals surface area (Å²) < 4.78 is 27.0. The van der Waals surface area contributed by atoms with Crippen molar-refractivity contribution in [2.75, 3.05) is 0 Å². The van der Waals surface area contributed by atoms with Crippen molar-refractivity contribution in [2.45, 2.75) is 31.2 Å². The van der Waals surface area contributed by atoms with E-state index in [-0.39, 0.29) is 9.92 Å². The first-order valence-corrected chi connectivity index (χ1v) is 8.86. The number of aromatic amines is 1. The molecule has 9 heteroatoms. The summed E-state index contributed by atoms with van der Waals surface area (Å²) in [7, 11) is -3.78. The Labute approximate surface area is 131 Å². The summed E-state index contributed by atoms with van der Waals surface area (Å²) in [5.74, 6) is 0. The van der Waals surface area contributed by atoms with Gasteiger partial charge in [0.25, 0.3) is 5.56 Å². The lowest BCUT2D eigenvalue weighted by Gasteiger charge is -2.11. The van der Waals surface area contributed by atoms with Crippen LogP contribution in [0.15, 0.2) is 28.2 Å². The van der Waals surface area contributed by atoms with Crippen LogP contribution in [0.3, 0.4) is 0 Å². The normalized spacial score (nSPS) is 13.3. The van der Waals surface area contributed by atoms with Gasteiger partial charge in [-0.15, -0.1) is 11.3 Å². The van der Waals surface area contributed by atoms with Crippen molar-refractivity contribution in [3.05, 3.63) is 43.7 Å². The predicted molar refractivity (Wildman–Crippen MR) is 82.3 cm³/mol. The van der Waals surface area contributed by atoms with Crippen LogP contribution in [-0.2, 0) is 16.4 Å². The molecule has 1 unspecified atom stereocenters. The lowest BCUT2D eigenvalue weighted by atomic mass is 10.4. The highest BCUT2D eigenvalue weighted by Crippen LogP contribution is 2.22. The number of H-pyrrole nitrogens is 1. The van der Waals surface area contributed by atoms with Crippen LogP contribution >= 0.6 is 22.9 Å². The van der Waals surface area contributed by atoms with E-state index in [0.29, 0.717) is 5.01 Å². The number of thiazole rings is 1. The summed E-state index contributed by atoms with van der Waals surface area (Å²) in [4.78, 5) is 18.6. The van der Waals surface area contributed by atoms with Gasteiger partial charge in [0.1, 0.15) is 10.0 Å². The van der Waals surface area contributed by atoms with E-state index < -0.39 is 21.6 Å². The molecule has 0 fully saturated rings. The number of hydrogen-bond acceptors (Lipinski definition) is 5. The van der Waals surface area contributed by atoms with Crippen LogP contribution in [0.2, 0.25) is 5.02 Å². The minimum absolute atomic E-state index is 0.0915. The molecule has 2 aromatic rings. The lowest BCUT2D eigenvalue weighted by molar-refractivity contribution is 0.566. The molecular weight excluding hydrogens is 334 g/mol. The molecule has 21 heavy (non-hydrogen) atoms. The Morgan fingerprint density at radius 1 is 1.52 bits per heavy atom. The van der Waals surface area contributed by atoms with Crippen LogP contribution < -0.4 is 10.3 Å². The standard InChI is InChI=1S/C12H14ClN3O3S2/c1-3-8-5-15-12(20-8)7(2)16-21(18,19)9-4-10(13)11(17)14-6-9/h4-7,16H,3H2,1-2H3,(H,14,17). The number of halogens is 1. The van der Waals surface area contributed by atoms with Gasteiger partial charge >= 0.3 is 0 Å². The Kier molecular flexibility index (Phi) is 4.82. The molecule has 0 radical (unpaired) electrons. The monoisotopic (exact) mass is 347 g/mol. The molecule has 1 atom stereocenters. The number of rotatable bonds is 5. The van der Waals surface area contributed by atoms with Crippen LogP contribution in [0.1, 0.15) is 29.8 Å². The molecule has 0 saturated heterocycles. The fraction of sp³-hybridized carbons (Fsp3) is 0.333. The summed E-state index contributed by atoms with van der Waals surface area (Å²) in [6.07, 6.45) is 3.71. The zero-order valence-corrected chi connectivity index (χ0v) is 13.8. The van der Waals surface area contributed by atoms with E-state index in [4.69, 9.17) is 11.6 Å². The van der Waals surface area contributed by atoms with E-state index in [9.17, 15) is 13.2 Å². The van der Waals surface area contributed by atoms with E-state index in [1.165, 1.54) is 11.3 Å². The second-order valence-corrected chi connectivity index (χ2v) is 7.64. The number of nitrogens with zero attached hydrogens (tertiary/aromatic N) is 1. The highest BCUT2D eigenvalue weighted by Gasteiger charge is 2.21. The Morgan fingerprint density at radius 3 is 2.81 bits per heavy atom. The van der Waals surface area contributed by atoms with Gasteiger partial charge in [-0.3, -0.25) is 4.79 Å². The smallest absolute Gasteiger partial charge is 0.266 e. The largest absolute Gasteiger partial charge is 0.326 e. The van der Waals surface area contributed by atoms with Crippen molar-refractivity contribution in [1.29, 1.82) is 0 Å². The first-order chi connectivity index (χ1) is 9.83. The highest BCUT2D eigenvalue weighted by molar-refractivity contribution is 7.89. The van der Waals surface area contributed by atoms with Gasteiger partial charge in [0.05, 0.1) is 10.9 Å². The van der Waals surface area contributed by atoms with E-state index in [2.05, 4.69) is 14.7 Å². The number of aryl methyl sites for hydroxylation is 1. The Balaban J connectivity index is 2.23. The van der Waals surface area contributed by atoms with Gasteiger partial charge in [0.2, 0.25) is 10.0 Å². The van der Waals surface area contributed by atoms with Gasteiger partial charge < -0.3 is 4.98 Å². The molecule has 2 rings (SSSR count). The Bertz CT molecular complexity index is 798. The zero-order chi connectivity index (χ0) is 15.6. The van der Waals surface area contributed by atoms with Crippen LogP contribution in [-0.4, -0.2) is 18.4 Å². The van der Waals surface area contributed by atoms with Crippen molar-refractivity contribution >= 4 is 33.0 Å². The van der Waals surface area contributed by atoms with E-state index in [0.717, 1.165) is 23.6 Å². The third-order valence-corrected chi connectivity index (χ3v) is 5.89. The molecular formula is C12H14ClN3O3S2. The van der Waals surface area contributed by atoms with Gasteiger partial charge in [-0.1, -0.05) is 18.5 Å². The summed E-state index contributed by atoms with van der Waals surface area (Å²) in [6, 6.07) is 0.653. The Morgan fingerprint density at radius 2 is 2.24 bits per heavy atom. The van der Waals surface area contributed by atoms with Crippen LogP contribution in [0.25, 0.3) is 0 Å². The van der Waals surface area contributed by atoms with E-state index in [1.54, 1.807) is 13.1 Å². The topological polar surface area (TPSA) is 91.9 Å². The first-order valence-electron chi connectivity index (χ1n) is 6.18. The molecule has 0 saturated carbocycles. The van der Waals surface area contributed by atoms with Gasteiger partial charge in [-0.2, -0.15) is 0 Å². The quantitative estimate of drug-likeness (QED) is 0.866. The number of aromatic nitrogens is 2. The fourth-order valence-corrected chi connectivity index (χ4v) is 4.00. The molecule has 0 aliphatic heterocycles. The van der Waals surface area contributed by atoms with Gasteiger partial charge in [0.15, 0.2) is 0 Å². The molecule has 2 aromatic heterocycles. The van der Waals surface area contributed by atoms with Crippen molar-refractivity contribution < 1.29 is 8.42 Å². The zero-order valence-electron chi connectivity index (χ0n) is 11.4. The summed E-state index contributed by atoms with van der Waals surface area (Å²) in [6.45, 7) is 3.72. The highest BCUT2D eigenvalue weighted by atomic mass is 35.5. The molecule has 114 valence electrons. The summed E-state index contributed by atoms with van der Waals surface area (Å²) in [5, 5.41) is 0.513. The average molecular weight is 348 g/mol. The van der Waals surface area contributed by atoms with Gasteiger partial charge in [0, 0.05) is 17.3 Å². The van der Waals surface area contributed by atoms with Crippen LogP contribution in [0.5, 0.6) is 0 Å². The maximum atomic E-state index is 12.2. The molecule has 0 amide bonds. The molecule has 0 bridgehead atoms. The van der Waals surface area contributed by atoms with Crippen LogP contribution in [0, 0.1) is 0 Å². The SMILES string of the molecule is CCc1cnc(C(C)NS(=O)(=O)c2c[nH]c(=O)c(Cl)c2)s1. The molecule has 0 spiro atoms. The molecule has 2 heterocycles. The third kappa shape index (κ3) is 3.70. The van der Waals surface area contributed by atoms with Crippen molar-refractivity contribution in [2.24, 2.45) is 0 Å². The van der Waals surface area contributed by atoms with Crippen molar-refractivity contribution in [3.63, 3.8) is 0 Å². The summed E-state index contributed by atoms with van der Waals surface area (Å²) in [5.41, 5.74) is -0.531. The summed E-state index contributed by atoms with van der Waals surface area (Å²) >= 11 is 7.11. The second-order valence-electron chi connectivity index (χ2n) is 4.37. The maximum Gasteiger partial charge on any atom is 0.266 e. The molecule has 6 nitrogen and oxygen atoms in total. The first kappa shape index (κ1) is 16.2. The molecule has 0 aliphatic carbocycles. The predicted octanol–water partition coefficient (Wildman–Crippen LogP) is 2.09. The Hall–Kier alpha value is -1.22. The van der Waals surface area contributed by atoms with E-state index >= 15 is 0 Å². The second kappa shape index (κ2) is 6.27. The average Bonchev–Trinajstić information content (AvgIpc) is 2.90. The van der Waals surface area contributed by atoms with Crippen LogP contribution in [0.4, 0.5) is 0 Å². The number of pyridine rings is 1. The minimum Gasteiger partial charge on any atom is -0.326 e. The maximum absolute atomic E-state index is 12.2. The van der Waals surface area contributed by atoms with Gasteiger partial charge in [-0.05, 0) is 19.4 Å². The number of nitrogens with one attached hydrogen (secondary N) is 2. The lowest BCUT2D eigenvalue weighted by Crippen LogP contribution is -2.27. The molecule has 0 aromatic carbocycles. The number of hydrogen-bond donors (Lipinski definition) is 2. The minimum atomic E-state index is -3.78. The third-order valence-electron chi connectivity index (χ3n) is 2.76. The van der Waals surface area contributed by atoms with Crippen molar-refractivity contribution in [3.8, 4) is 0 Å². The van der Waals surface area contributed by atoms with Gasteiger partial charge in [-0.25, -0.2) is 18.1 Å².